The lowest BCUT2D eigenvalue weighted by Gasteiger charge is -2.31. The molecule has 0 spiro atoms. The molecule has 22 nitrogen and oxygen atoms in total. The maximum absolute atomic E-state index is 14.4. The van der Waals surface area contributed by atoms with Gasteiger partial charge in [0.05, 0.1) is 18.9 Å². The Labute approximate surface area is 380 Å². The van der Waals surface area contributed by atoms with Crippen molar-refractivity contribution in [3.05, 3.63) is 71.9 Å². The highest BCUT2D eigenvalue weighted by Gasteiger charge is 2.38. The van der Waals surface area contributed by atoms with Crippen molar-refractivity contribution in [3.8, 4) is 0 Å². The van der Waals surface area contributed by atoms with Crippen molar-refractivity contribution in [3.63, 3.8) is 0 Å². The van der Waals surface area contributed by atoms with Crippen molar-refractivity contribution >= 4 is 70.0 Å². The Morgan fingerprint density at radius 2 is 1.17 bits per heavy atom. The fourth-order valence-electron chi connectivity index (χ4n) is 6.70. The third-order valence-electron chi connectivity index (χ3n) is 10.7. The van der Waals surface area contributed by atoms with Gasteiger partial charge in [-0.05, 0) is 43.9 Å². The number of H-pyrrole nitrogens is 1. The highest BCUT2D eigenvalue weighted by Crippen LogP contribution is 2.20. The number of para-hydroxylation sites is 1. The molecule has 2 aromatic carbocycles. The average molecular weight is 921 g/mol. The summed E-state index contributed by atoms with van der Waals surface area (Å²) in [4.78, 5) is 134. The number of amides is 9. The molecule has 3 aromatic rings. The number of aromatic amines is 1. The van der Waals surface area contributed by atoms with Crippen LogP contribution in [0.1, 0.15) is 71.9 Å². The summed E-state index contributed by atoms with van der Waals surface area (Å²) in [5.41, 5.74) is 10.9. The smallest absolute Gasteiger partial charge is 0.305 e. The Morgan fingerprint density at radius 1 is 0.652 bits per heavy atom. The van der Waals surface area contributed by atoms with Crippen LogP contribution in [0.25, 0.3) is 10.9 Å². The number of nitrogens with two attached hydrogens (primary N) is 2. The number of nitrogens with one attached hydrogen (secondary N) is 8. The Morgan fingerprint density at radius 3 is 1.71 bits per heavy atom. The zero-order valence-electron chi connectivity index (χ0n) is 37.6. The van der Waals surface area contributed by atoms with Crippen molar-refractivity contribution in [2.75, 3.05) is 0 Å². The number of carboxylic acids is 1. The molecule has 3 rings (SSSR count). The van der Waals surface area contributed by atoms with E-state index in [1.165, 1.54) is 20.8 Å². The molecule has 8 atom stereocenters. The minimum absolute atomic E-state index is 0.172. The zero-order chi connectivity index (χ0) is 49.5. The number of carboxylic acid groups (broad SMARTS) is 1. The van der Waals surface area contributed by atoms with Gasteiger partial charge < -0.3 is 63.9 Å². The molecule has 0 aliphatic carbocycles. The number of aliphatic hydroxyl groups excluding tert-OH is 1. The molecular weight excluding hydrogens is 861 g/mol. The van der Waals surface area contributed by atoms with Crippen molar-refractivity contribution < 1.29 is 58.2 Å². The first kappa shape index (κ1) is 53.0. The van der Waals surface area contributed by atoms with Gasteiger partial charge in [0.15, 0.2) is 0 Å². The molecular formula is C44H60N10O12. The third kappa shape index (κ3) is 15.7. The summed E-state index contributed by atoms with van der Waals surface area (Å²) < 4.78 is 0. The minimum atomic E-state index is -1.86. The predicted molar refractivity (Wildman–Crippen MR) is 238 cm³/mol. The van der Waals surface area contributed by atoms with Gasteiger partial charge in [0.2, 0.25) is 53.2 Å². The number of aromatic nitrogens is 1. The summed E-state index contributed by atoms with van der Waals surface area (Å²) in [5, 5.41) is 38.0. The summed E-state index contributed by atoms with van der Waals surface area (Å²) in [7, 11) is 0. The van der Waals surface area contributed by atoms with Gasteiger partial charge in [-0.2, -0.15) is 0 Å². The molecule has 0 aliphatic rings. The summed E-state index contributed by atoms with van der Waals surface area (Å²) in [6.07, 6.45) is -1.61. The fourth-order valence-corrected chi connectivity index (χ4v) is 6.70. The molecule has 14 N–H and O–H groups in total. The standard InChI is InChI=1S/C44H60N10O12/c1-7-22(2)35(41(64)53-36(23(3)55)42(65)54-44(5,6)43(46)66)52-40(63)32(20-34(58)59)51-37(60)29(17-25-13-9-8-10-14-25)49-38(61)30(18-26-21-47-28-16-12-11-15-27(26)28)50-39(62)31(19-33(45)57)48-24(4)56/h8-16,21-23,29-32,35-36,47,55H,7,17-20H2,1-6H3,(H2,45,57)(H2,46,66)(H,48,56)(H,49,61)(H,50,62)(H,51,60)(H,52,63)(H,53,64)(H,54,65)(H,58,59)/t22-,23+,29-,30-,31-,32-,35-,36-/m0/s1. The molecule has 22 heteroatoms. The van der Waals surface area contributed by atoms with Crippen molar-refractivity contribution in [1.82, 2.24) is 42.2 Å². The lowest BCUT2D eigenvalue weighted by Crippen LogP contribution is -2.63. The van der Waals surface area contributed by atoms with Crippen LogP contribution in [0.4, 0.5) is 0 Å². The molecule has 1 aromatic heterocycles. The largest absolute Gasteiger partial charge is 0.481 e. The van der Waals surface area contributed by atoms with Crippen molar-refractivity contribution in [2.24, 2.45) is 17.4 Å². The quantitative estimate of drug-likeness (QED) is 0.0441. The molecule has 0 radical (unpaired) electrons. The molecule has 0 aliphatic heterocycles. The van der Waals surface area contributed by atoms with Gasteiger partial charge in [-0.15, -0.1) is 0 Å². The maximum atomic E-state index is 14.4. The van der Waals surface area contributed by atoms with Crippen LogP contribution < -0.4 is 48.7 Å². The van der Waals surface area contributed by atoms with E-state index in [0.717, 1.165) is 6.92 Å². The van der Waals surface area contributed by atoms with Crippen LogP contribution in [-0.4, -0.2) is 122 Å². The summed E-state index contributed by atoms with van der Waals surface area (Å²) in [6.45, 7) is 8.20. The number of aliphatic hydroxyl groups is 1. The van der Waals surface area contributed by atoms with Gasteiger partial charge in [-0.1, -0.05) is 68.8 Å². The number of hydrogen-bond acceptors (Lipinski definition) is 11. The highest BCUT2D eigenvalue weighted by molar-refractivity contribution is 5.99. The van der Waals surface area contributed by atoms with Gasteiger partial charge in [0, 0.05) is 36.9 Å². The molecule has 9 amide bonds. The summed E-state index contributed by atoms with van der Waals surface area (Å²) >= 11 is 0. The van der Waals surface area contributed by atoms with E-state index in [2.05, 4.69) is 42.2 Å². The van der Waals surface area contributed by atoms with E-state index >= 15 is 0 Å². The Kier molecular flexibility index (Phi) is 19.3. The molecule has 0 fully saturated rings. The Bertz CT molecular complexity index is 2250. The third-order valence-corrected chi connectivity index (χ3v) is 10.7. The van der Waals surface area contributed by atoms with Crippen LogP contribution in [0.3, 0.4) is 0 Å². The van der Waals surface area contributed by atoms with Crippen LogP contribution in [0, 0.1) is 5.92 Å². The molecule has 0 saturated carbocycles. The number of aliphatic carboxylic acids is 1. The van der Waals surface area contributed by atoms with Crippen molar-refractivity contribution in [2.45, 2.75) is 122 Å². The van der Waals surface area contributed by atoms with E-state index in [0.29, 0.717) is 22.0 Å². The maximum Gasteiger partial charge on any atom is 0.305 e. The van der Waals surface area contributed by atoms with Crippen LogP contribution in [-0.2, 0) is 60.8 Å². The van der Waals surface area contributed by atoms with Gasteiger partial charge in [-0.25, -0.2) is 0 Å². The van der Waals surface area contributed by atoms with E-state index in [-0.39, 0.29) is 19.3 Å². The SMILES string of the molecule is CC[C@H](C)[C@H](NC(=O)[C@H](CC(=O)O)NC(=O)[C@H](Cc1ccccc1)NC(=O)[C@H](Cc1c[nH]c2ccccc12)NC(=O)[C@H](CC(N)=O)NC(C)=O)C(=O)N[C@H](C(=O)NC(C)(C)C(N)=O)[C@@H](C)O. The second-order valence-corrected chi connectivity index (χ2v) is 16.5. The molecule has 0 unspecified atom stereocenters. The Balaban J connectivity index is 1.98. The summed E-state index contributed by atoms with van der Waals surface area (Å²) in [6, 6.07) is 6.00. The average Bonchev–Trinajstić information content (AvgIpc) is 3.65. The number of fused-ring (bicyclic) bond motifs is 1. The lowest BCUT2D eigenvalue weighted by molar-refractivity contribution is -0.142. The lowest BCUT2D eigenvalue weighted by atomic mass is 9.96. The fraction of sp³-hybridized carbons (Fsp3) is 0.455. The molecule has 0 saturated heterocycles. The van der Waals surface area contributed by atoms with E-state index in [1.807, 2.05) is 0 Å². The Hall–Kier alpha value is -7.36. The predicted octanol–water partition coefficient (Wildman–Crippen LogP) is -1.96. The van der Waals surface area contributed by atoms with Crippen LogP contribution >= 0.6 is 0 Å². The number of hydrogen-bond donors (Lipinski definition) is 12. The second-order valence-electron chi connectivity index (χ2n) is 16.5. The van der Waals surface area contributed by atoms with Gasteiger partial charge in [0.1, 0.15) is 41.8 Å². The van der Waals surface area contributed by atoms with Gasteiger partial charge in [-0.3, -0.25) is 47.9 Å². The van der Waals surface area contributed by atoms with Gasteiger partial charge >= 0.3 is 5.97 Å². The number of primary amides is 2. The minimum Gasteiger partial charge on any atom is -0.481 e. The zero-order valence-corrected chi connectivity index (χ0v) is 37.6. The molecule has 66 heavy (non-hydrogen) atoms. The van der Waals surface area contributed by atoms with Crippen molar-refractivity contribution in [1.29, 1.82) is 0 Å². The first-order valence-electron chi connectivity index (χ1n) is 21.1. The van der Waals surface area contributed by atoms with Gasteiger partial charge in [0.25, 0.3) is 0 Å². The second kappa shape index (κ2) is 24.1. The van der Waals surface area contributed by atoms with E-state index in [4.69, 9.17) is 11.5 Å². The molecule has 358 valence electrons. The van der Waals surface area contributed by atoms with E-state index in [1.54, 1.807) is 74.6 Å². The number of carbonyl (C=O) groups is 10. The highest BCUT2D eigenvalue weighted by atomic mass is 16.4. The van der Waals surface area contributed by atoms with Crippen LogP contribution in [0.2, 0.25) is 0 Å². The number of carbonyl (C=O) groups excluding carboxylic acids is 9. The van der Waals surface area contributed by atoms with Crippen LogP contribution in [0.15, 0.2) is 60.8 Å². The normalized spacial score (nSPS) is 14.9. The monoisotopic (exact) mass is 920 g/mol. The summed E-state index contributed by atoms with van der Waals surface area (Å²) in [5.74, 6) is -10.7. The molecule has 1 heterocycles. The van der Waals surface area contributed by atoms with E-state index in [9.17, 15) is 58.2 Å². The van der Waals surface area contributed by atoms with E-state index < -0.39 is 126 Å². The number of benzene rings is 2. The van der Waals surface area contributed by atoms with Crippen LogP contribution in [0.5, 0.6) is 0 Å². The first-order chi connectivity index (χ1) is 30.9. The number of rotatable bonds is 25. The molecule has 0 bridgehead atoms. The first-order valence-corrected chi connectivity index (χ1v) is 21.1. The topological polar surface area (TPSA) is 363 Å².